The van der Waals surface area contributed by atoms with Crippen LogP contribution in [0, 0.1) is 35.3 Å². The van der Waals surface area contributed by atoms with Gasteiger partial charge in [-0.25, -0.2) is 8.42 Å². The minimum Gasteiger partial charge on any atom is -0.363 e. The molecule has 2 aromatic rings. The van der Waals surface area contributed by atoms with Crippen molar-refractivity contribution in [3.63, 3.8) is 0 Å². The van der Waals surface area contributed by atoms with Crippen molar-refractivity contribution in [3.8, 4) is 6.07 Å². The molecule has 10 nitrogen and oxygen atoms in total. The van der Waals surface area contributed by atoms with Gasteiger partial charge in [-0.2, -0.15) is 9.57 Å². The molecular formula is C16H17N5O5S. The monoisotopic (exact) mass is 391 g/mol. The van der Waals surface area contributed by atoms with Crippen molar-refractivity contribution in [2.24, 2.45) is 0 Å². The second kappa shape index (κ2) is 6.98. The Morgan fingerprint density at radius 1 is 1.26 bits per heavy atom. The molecule has 27 heavy (non-hydrogen) atoms. The number of hydrogen-bond acceptors (Lipinski definition) is 8. The fourth-order valence-corrected chi connectivity index (χ4v) is 4.86. The summed E-state index contributed by atoms with van der Waals surface area (Å²) < 4.78 is 32.0. The molecule has 0 amide bonds. The van der Waals surface area contributed by atoms with Crippen LogP contribution >= 0.6 is 0 Å². The fraction of sp³-hybridized carbons (Fsp3) is 0.375. The van der Waals surface area contributed by atoms with Crippen molar-refractivity contribution in [3.05, 3.63) is 45.3 Å². The van der Waals surface area contributed by atoms with Gasteiger partial charge < -0.3 is 9.42 Å². The number of piperazine rings is 1. The van der Waals surface area contributed by atoms with E-state index in [9.17, 15) is 18.5 Å². The SMILES string of the molecule is Cc1noc(C)c1S(=O)(=O)N1CCN(c2cc(C#N)ccc2[N+](=O)[O-])CC1. The molecule has 0 saturated carbocycles. The zero-order valence-electron chi connectivity index (χ0n) is 14.7. The maximum Gasteiger partial charge on any atom is 0.292 e. The Labute approximate surface area is 155 Å². The van der Waals surface area contributed by atoms with E-state index in [1.54, 1.807) is 18.7 Å². The highest BCUT2D eigenvalue weighted by Crippen LogP contribution is 2.31. The van der Waals surface area contributed by atoms with Crippen LogP contribution in [-0.4, -0.2) is 49.0 Å². The molecule has 0 radical (unpaired) electrons. The minimum atomic E-state index is -3.76. The first kappa shape index (κ1) is 18.8. The summed E-state index contributed by atoms with van der Waals surface area (Å²) in [5.41, 5.74) is 0.804. The van der Waals surface area contributed by atoms with E-state index in [0.29, 0.717) is 16.9 Å². The van der Waals surface area contributed by atoms with Gasteiger partial charge in [0.2, 0.25) is 10.0 Å². The first-order valence-corrected chi connectivity index (χ1v) is 9.56. The third kappa shape index (κ3) is 3.36. The maximum absolute atomic E-state index is 12.9. The van der Waals surface area contributed by atoms with Gasteiger partial charge in [0.1, 0.15) is 16.3 Å². The van der Waals surface area contributed by atoms with Crippen molar-refractivity contribution in [2.45, 2.75) is 18.7 Å². The van der Waals surface area contributed by atoms with Gasteiger partial charge in [-0.3, -0.25) is 10.1 Å². The fourth-order valence-electron chi connectivity index (χ4n) is 3.14. The lowest BCUT2D eigenvalue weighted by atomic mass is 10.1. The smallest absolute Gasteiger partial charge is 0.292 e. The minimum absolute atomic E-state index is 0.0633. The van der Waals surface area contributed by atoms with E-state index >= 15 is 0 Å². The van der Waals surface area contributed by atoms with Crippen LogP contribution in [-0.2, 0) is 10.0 Å². The van der Waals surface area contributed by atoms with Crippen molar-refractivity contribution in [2.75, 3.05) is 31.1 Å². The maximum atomic E-state index is 12.9. The van der Waals surface area contributed by atoms with Crippen molar-refractivity contribution < 1.29 is 17.9 Å². The van der Waals surface area contributed by atoms with Crippen LogP contribution in [0.4, 0.5) is 11.4 Å². The highest BCUT2D eigenvalue weighted by atomic mass is 32.2. The molecule has 3 rings (SSSR count). The Bertz CT molecular complexity index is 1010. The zero-order chi connectivity index (χ0) is 19.8. The molecule has 1 aromatic carbocycles. The average molecular weight is 391 g/mol. The number of anilines is 1. The van der Waals surface area contributed by atoms with E-state index in [4.69, 9.17) is 9.78 Å². The second-order valence-electron chi connectivity index (χ2n) is 6.12. The van der Waals surface area contributed by atoms with E-state index in [1.165, 1.54) is 22.5 Å². The molecule has 142 valence electrons. The molecule has 1 aromatic heterocycles. The highest BCUT2D eigenvalue weighted by Gasteiger charge is 2.34. The molecule has 2 heterocycles. The molecule has 0 bridgehead atoms. The first-order valence-electron chi connectivity index (χ1n) is 8.12. The first-order chi connectivity index (χ1) is 12.8. The Balaban J connectivity index is 1.84. The molecule has 1 fully saturated rings. The van der Waals surface area contributed by atoms with E-state index in [1.807, 2.05) is 6.07 Å². The van der Waals surface area contributed by atoms with Crippen LogP contribution in [0.15, 0.2) is 27.6 Å². The summed E-state index contributed by atoms with van der Waals surface area (Å²) in [6.07, 6.45) is 0. The van der Waals surface area contributed by atoms with Crippen LogP contribution in [0.1, 0.15) is 17.0 Å². The zero-order valence-corrected chi connectivity index (χ0v) is 15.6. The van der Waals surface area contributed by atoms with Crippen LogP contribution in [0.5, 0.6) is 0 Å². The number of benzene rings is 1. The summed E-state index contributed by atoms with van der Waals surface area (Å²) in [6.45, 7) is 3.94. The predicted molar refractivity (Wildman–Crippen MR) is 94.8 cm³/mol. The summed E-state index contributed by atoms with van der Waals surface area (Å²) in [6, 6.07) is 6.10. The molecule has 11 heteroatoms. The van der Waals surface area contributed by atoms with E-state index in [-0.39, 0.29) is 42.5 Å². The number of nitro benzene ring substituents is 1. The number of nitriles is 1. The van der Waals surface area contributed by atoms with Gasteiger partial charge >= 0.3 is 0 Å². The van der Waals surface area contributed by atoms with E-state index in [0.717, 1.165) is 0 Å². The van der Waals surface area contributed by atoms with Crippen molar-refractivity contribution >= 4 is 21.4 Å². The number of rotatable bonds is 4. The molecule has 0 N–H and O–H groups in total. The van der Waals surface area contributed by atoms with Gasteiger partial charge in [-0.15, -0.1) is 0 Å². The van der Waals surface area contributed by atoms with Crippen LogP contribution in [0.25, 0.3) is 0 Å². The number of aryl methyl sites for hydroxylation is 2. The summed E-state index contributed by atoms with van der Waals surface area (Å²) >= 11 is 0. The van der Waals surface area contributed by atoms with Gasteiger partial charge in [-0.05, 0) is 26.0 Å². The lowest BCUT2D eigenvalue weighted by molar-refractivity contribution is -0.384. The summed E-state index contributed by atoms with van der Waals surface area (Å²) in [7, 11) is -3.76. The molecule has 1 aliphatic rings. The summed E-state index contributed by atoms with van der Waals surface area (Å²) in [5.74, 6) is 0.229. The normalized spacial score (nSPS) is 15.5. The molecule has 0 unspecified atom stereocenters. The van der Waals surface area contributed by atoms with Crippen LogP contribution in [0.2, 0.25) is 0 Å². The van der Waals surface area contributed by atoms with Crippen LogP contribution < -0.4 is 4.90 Å². The summed E-state index contributed by atoms with van der Waals surface area (Å²) in [5, 5.41) is 24.0. The number of nitro groups is 1. The third-order valence-electron chi connectivity index (χ3n) is 4.45. The lowest BCUT2D eigenvalue weighted by Crippen LogP contribution is -2.49. The number of hydrogen-bond donors (Lipinski definition) is 0. The van der Waals surface area contributed by atoms with Crippen molar-refractivity contribution in [1.82, 2.24) is 9.46 Å². The second-order valence-corrected chi connectivity index (χ2v) is 7.99. The molecule has 0 atom stereocenters. The standard InChI is InChI=1S/C16H17N5O5S/c1-11-16(12(2)26-18-11)27(24,25)20-7-5-19(6-8-20)15-9-13(10-17)3-4-14(15)21(22)23/h3-4,9H,5-8H2,1-2H3. The Hall–Kier alpha value is -2.97. The molecule has 0 spiro atoms. The topological polar surface area (TPSA) is 134 Å². The van der Waals surface area contributed by atoms with Gasteiger partial charge in [0.05, 0.1) is 16.6 Å². The lowest BCUT2D eigenvalue weighted by Gasteiger charge is -2.35. The third-order valence-corrected chi connectivity index (χ3v) is 6.59. The molecule has 1 aliphatic heterocycles. The van der Waals surface area contributed by atoms with Gasteiger partial charge in [-0.1, -0.05) is 5.16 Å². The highest BCUT2D eigenvalue weighted by molar-refractivity contribution is 7.89. The van der Waals surface area contributed by atoms with Crippen molar-refractivity contribution in [1.29, 1.82) is 5.26 Å². The van der Waals surface area contributed by atoms with E-state index < -0.39 is 14.9 Å². The Morgan fingerprint density at radius 2 is 1.93 bits per heavy atom. The predicted octanol–water partition coefficient (Wildman–Crippen LogP) is 1.58. The number of nitrogens with zero attached hydrogens (tertiary/aromatic N) is 5. The van der Waals surface area contributed by atoms with Gasteiger partial charge in [0.25, 0.3) is 5.69 Å². The number of aromatic nitrogens is 1. The molecular weight excluding hydrogens is 374 g/mol. The Morgan fingerprint density at radius 3 is 2.44 bits per heavy atom. The Kier molecular flexibility index (Phi) is 4.86. The van der Waals surface area contributed by atoms with E-state index in [2.05, 4.69) is 5.16 Å². The molecule has 0 aliphatic carbocycles. The largest absolute Gasteiger partial charge is 0.363 e. The van der Waals surface area contributed by atoms with Crippen LogP contribution in [0.3, 0.4) is 0 Å². The number of sulfonamides is 1. The van der Waals surface area contributed by atoms with Gasteiger partial charge in [0, 0.05) is 32.2 Å². The summed E-state index contributed by atoms with van der Waals surface area (Å²) in [4.78, 5) is 12.6. The van der Waals surface area contributed by atoms with Gasteiger partial charge in [0.15, 0.2) is 5.76 Å². The quantitative estimate of drug-likeness (QED) is 0.566. The molecule has 1 saturated heterocycles. The average Bonchev–Trinajstić information content (AvgIpc) is 3.00.